The zero-order valence-corrected chi connectivity index (χ0v) is 11.4. The second-order valence-corrected chi connectivity index (χ2v) is 4.64. The summed E-state index contributed by atoms with van der Waals surface area (Å²) in [5.41, 5.74) is 2.12. The van der Waals surface area contributed by atoms with Crippen molar-refractivity contribution in [2.24, 2.45) is 0 Å². The van der Waals surface area contributed by atoms with Crippen LogP contribution in [0.15, 0.2) is 46.9 Å². The van der Waals surface area contributed by atoms with Gasteiger partial charge in [0.05, 0.1) is 7.11 Å². The summed E-state index contributed by atoms with van der Waals surface area (Å²) in [6, 6.07) is 13.3. The Balaban J connectivity index is 2.66. The van der Waals surface area contributed by atoms with Crippen LogP contribution in [0.3, 0.4) is 0 Å². The molecule has 0 spiro atoms. The van der Waals surface area contributed by atoms with Crippen molar-refractivity contribution in [2.45, 2.75) is 0 Å². The molecule has 0 unspecified atom stereocenters. The van der Waals surface area contributed by atoms with Crippen molar-refractivity contribution in [1.29, 1.82) is 0 Å². The second-order valence-electron chi connectivity index (χ2n) is 3.78. The van der Waals surface area contributed by atoms with Gasteiger partial charge in [0.2, 0.25) is 0 Å². The summed E-state index contributed by atoms with van der Waals surface area (Å²) in [6.07, 6.45) is 0. The van der Waals surface area contributed by atoms with Crippen LogP contribution in [0.1, 0.15) is 0 Å². The lowest BCUT2D eigenvalue weighted by Gasteiger charge is -2.15. The van der Waals surface area contributed by atoms with Crippen LogP contribution in [-0.4, -0.2) is 24.3 Å². The molecule has 0 amide bonds. The SMILES string of the molecule is COc1c(-c2ccccc2)ccc(Br)c1B(O)O. The van der Waals surface area contributed by atoms with Crippen molar-refractivity contribution < 1.29 is 14.8 Å². The molecule has 0 aliphatic heterocycles. The fraction of sp³-hybridized carbons (Fsp3) is 0.0769. The first-order valence-electron chi connectivity index (χ1n) is 5.43. The molecule has 2 N–H and O–H groups in total. The lowest BCUT2D eigenvalue weighted by molar-refractivity contribution is 0.404. The van der Waals surface area contributed by atoms with Gasteiger partial charge in [-0.1, -0.05) is 46.3 Å². The van der Waals surface area contributed by atoms with E-state index in [4.69, 9.17) is 4.74 Å². The molecule has 92 valence electrons. The summed E-state index contributed by atoms with van der Waals surface area (Å²) in [7, 11) is -0.0712. The fourth-order valence-corrected chi connectivity index (χ4v) is 2.40. The van der Waals surface area contributed by atoms with Crippen molar-refractivity contribution in [3.8, 4) is 16.9 Å². The topological polar surface area (TPSA) is 49.7 Å². The predicted octanol–water partition coefficient (Wildman–Crippen LogP) is 1.80. The van der Waals surface area contributed by atoms with E-state index < -0.39 is 7.12 Å². The average Bonchev–Trinajstić information content (AvgIpc) is 2.38. The number of hydrogen-bond donors (Lipinski definition) is 2. The smallest absolute Gasteiger partial charge is 0.493 e. The Hall–Kier alpha value is -1.30. The molecule has 0 aliphatic carbocycles. The Kier molecular flexibility index (Phi) is 4.06. The largest absolute Gasteiger partial charge is 0.496 e. The molecule has 2 rings (SSSR count). The van der Waals surface area contributed by atoms with Crippen molar-refractivity contribution >= 4 is 28.5 Å². The van der Waals surface area contributed by atoms with Crippen LogP contribution in [0.2, 0.25) is 0 Å². The van der Waals surface area contributed by atoms with E-state index in [0.29, 0.717) is 15.7 Å². The van der Waals surface area contributed by atoms with Crippen molar-refractivity contribution in [2.75, 3.05) is 7.11 Å². The van der Waals surface area contributed by atoms with E-state index in [1.165, 1.54) is 7.11 Å². The van der Waals surface area contributed by atoms with Crippen LogP contribution in [0.4, 0.5) is 0 Å². The molecule has 0 heterocycles. The Morgan fingerprint density at radius 3 is 2.28 bits per heavy atom. The number of ether oxygens (including phenoxy) is 1. The maximum absolute atomic E-state index is 9.43. The van der Waals surface area contributed by atoms with Gasteiger partial charge in [0.15, 0.2) is 0 Å². The van der Waals surface area contributed by atoms with Gasteiger partial charge in [0.25, 0.3) is 0 Å². The highest BCUT2D eigenvalue weighted by molar-refractivity contribution is 9.10. The summed E-state index contributed by atoms with van der Waals surface area (Å²) in [5.74, 6) is 0.463. The molecular weight excluding hydrogens is 295 g/mol. The molecule has 0 saturated carbocycles. The molecule has 0 aliphatic rings. The molecule has 3 nitrogen and oxygen atoms in total. The third-order valence-corrected chi connectivity index (χ3v) is 3.38. The maximum Gasteiger partial charge on any atom is 0.493 e. The lowest BCUT2D eigenvalue weighted by Crippen LogP contribution is -2.32. The van der Waals surface area contributed by atoms with Crippen LogP contribution in [0.25, 0.3) is 11.1 Å². The van der Waals surface area contributed by atoms with Crippen LogP contribution in [0, 0.1) is 0 Å². The standard InChI is InChI=1S/C13H12BBrO3/c1-18-13-10(9-5-3-2-4-6-9)7-8-11(15)12(13)14(16)17/h2-8,16-17H,1H3. The molecule has 0 atom stereocenters. The summed E-state index contributed by atoms with van der Waals surface area (Å²) >= 11 is 3.30. The lowest BCUT2D eigenvalue weighted by atomic mass is 9.78. The molecule has 0 saturated heterocycles. The van der Waals surface area contributed by atoms with Gasteiger partial charge in [-0.15, -0.1) is 0 Å². The third-order valence-electron chi connectivity index (χ3n) is 2.69. The highest BCUT2D eigenvalue weighted by atomic mass is 79.9. The highest BCUT2D eigenvalue weighted by Gasteiger charge is 2.23. The molecule has 5 heteroatoms. The first-order valence-corrected chi connectivity index (χ1v) is 6.22. The average molecular weight is 307 g/mol. The van der Waals surface area contributed by atoms with Crippen LogP contribution in [-0.2, 0) is 0 Å². The number of benzene rings is 2. The van der Waals surface area contributed by atoms with Gasteiger partial charge < -0.3 is 14.8 Å². The van der Waals surface area contributed by atoms with E-state index in [1.54, 1.807) is 6.07 Å². The van der Waals surface area contributed by atoms with E-state index >= 15 is 0 Å². The van der Waals surface area contributed by atoms with E-state index in [0.717, 1.165) is 11.1 Å². The summed E-state index contributed by atoms with van der Waals surface area (Å²) < 4.78 is 5.93. The van der Waals surface area contributed by atoms with E-state index in [9.17, 15) is 10.0 Å². The molecule has 18 heavy (non-hydrogen) atoms. The predicted molar refractivity (Wildman–Crippen MR) is 76.0 cm³/mol. The zero-order chi connectivity index (χ0) is 13.1. The molecule has 0 fully saturated rings. The first-order chi connectivity index (χ1) is 8.65. The zero-order valence-electron chi connectivity index (χ0n) is 9.80. The highest BCUT2D eigenvalue weighted by Crippen LogP contribution is 2.30. The van der Waals surface area contributed by atoms with E-state index in [2.05, 4.69) is 15.9 Å². The minimum absolute atomic E-state index is 0.332. The van der Waals surface area contributed by atoms with Crippen LogP contribution < -0.4 is 10.2 Å². The van der Waals surface area contributed by atoms with Crippen molar-refractivity contribution in [3.63, 3.8) is 0 Å². The first kappa shape index (κ1) is 13.1. The molecular formula is C13H12BBrO3. The number of halogens is 1. The number of rotatable bonds is 3. The molecule has 2 aromatic carbocycles. The summed E-state index contributed by atoms with van der Waals surface area (Å²) in [5, 5.41) is 18.9. The van der Waals surface area contributed by atoms with Gasteiger partial charge in [0.1, 0.15) is 5.75 Å². The third kappa shape index (κ3) is 2.43. The second kappa shape index (κ2) is 5.56. The summed E-state index contributed by atoms with van der Waals surface area (Å²) in [6.45, 7) is 0. The molecule has 0 aromatic heterocycles. The number of methoxy groups -OCH3 is 1. The van der Waals surface area contributed by atoms with Crippen molar-refractivity contribution in [1.82, 2.24) is 0 Å². The van der Waals surface area contributed by atoms with Crippen LogP contribution in [0.5, 0.6) is 5.75 Å². The maximum atomic E-state index is 9.43. The minimum Gasteiger partial charge on any atom is -0.496 e. The van der Waals surface area contributed by atoms with Crippen LogP contribution >= 0.6 is 15.9 Å². The van der Waals surface area contributed by atoms with E-state index in [-0.39, 0.29) is 0 Å². The Labute approximate surface area is 114 Å². The van der Waals surface area contributed by atoms with Gasteiger partial charge in [-0.2, -0.15) is 0 Å². The van der Waals surface area contributed by atoms with Gasteiger partial charge >= 0.3 is 7.12 Å². The molecule has 0 bridgehead atoms. The minimum atomic E-state index is -1.59. The number of hydrogen-bond acceptors (Lipinski definition) is 3. The Bertz CT molecular complexity index is 543. The Morgan fingerprint density at radius 2 is 1.72 bits per heavy atom. The molecule has 0 radical (unpaired) electrons. The molecule has 2 aromatic rings. The van der Waals surface area contributed by atoms with Crippen molar-refractivity contribution in [3.05, 3.63) is 46.9 Å². The van der Waals surface area contributed by atoms with Gasteiger partial charge in [-0.05, 0) is 17.7 Å². The van der Waals surface area contributed by atoms with E-state index in [1.807, 2.05) is 36.4 Å². The summed E-state index contributed by atoms with van der Waals surface area (Å²) in [4.78, 5) is 0. The van der Waals surface area contributed by atoms with Gasteiger partial charge in [-0.25, -0.2) is 0 Å². The van der Waals surface area contributed by atoms with Gasteiger partial charge in [0, 0.05) is 15.5 Å². The monoisotopic (exact) mass is 306 g/mol. The fourth-order valence-electron chi connectivity index (χ4n) is 1.88. The quantitative estimate of drug-likeness (QED) is 0.850. The normalized spacial score (nSPS) is 10.2. The Morgan fingerprint density at radius 1 is 1.06 bits per heavy atom. The van der Waals surface area contributed by atoms with Gasteiger partial charge in [-0.3, -0.25) is 0 Å².